The first kappa shape index (κ1) is 21.4. The van der Waals surface area contributed by atoms with E-state index in [2.05, 4.69) is 4.99 Å². The fourth-order valence-corrected chi connectivity index (χ4v) is 4.86. The number of hydrogen-bond donors (Lipinski definition) is 1. The van der Waals surface area contributed by atoms with Crippen molar-refractivity contribution in [2.75, 3.05) is 19.0 Å². The van der Waals surface area contributed by atoms with Crippen LogP contribution >= 0.6 is 23.4 Å². The van der Waals surface area contributed by atoms with Crippen LogP contribution in [0.3, 0.4) is 0 Å². The van der Waals surface area contributed by atoms with Gasteiger partial charge in [-0.3, -0.25) is 9.59 Å². The maximum atomic E-state index is 12.3. The summed E-state index contributed by atoms with van der Waals surface area (Å²) >= 11 is 7.55. The molecule has 9 heteroatoms. The zero-order valence-corrected chi connectivity index (χ0v) is 18.6. The summed E-state index contributed by atoms with van der Waals surface area (Å²) in [5, 5.41) is 15.9. The average Bonchev–Trinajstić information content (AvgIpc) is 3.32. The quantitative estimate of drug-likeness (QED) is 0.731. The van der Waals surface area contributed by atoms with Gasteiger partial charge in [0.1, 0.15) is 5.25 Å². The molecule has 0 saturated heterocycles. The summed E-state index contributed by atoms with van der Waals surface area (Å²) in [5.74, 6) is -1.47. The molecule has 4 rings (SSSR count). The van der Waals surface area contributed by atoms with Gasteiger partial charge >= 0.3 is 5.97 Å². The summed E-state index contributed by atoms with van der Waals surface area (Å²) in [7, 11) is 3.96. The predicted octanol–water partition coefficient (Wildman–Crippen LogP) is 4.03. The zero-order valence-electron chi connectivity index (χ0n) is 17.0. The second kappa shape index (κ2) is 8.72. The lowest BCUT2D eigenvalue weighted by Gasteiger charge is -2.23. The number of carboxylic acids is 1. The Hall–Kier alpha value is -2.84. The van der Waals surface area contributed by atoms with Crippen LogP contribution in [-0.2, 0) is 9.59 Å². The zero-order chi connectivity index (χ0) is 22.1. The molecule has 0 aromatic heterocycles. The molecule has 2 heterocycles. The van der Waals surface area contributed by atoms with E-state index in [1.165, 1.54) is 0 Å². The Morgan fingerprint density at radius 2 is 1.94 bits per heavy atom. The number of hydrazone groups is 1. The van der Waals surface area contributed by atoms with E-state index in [9.17, 15) is 9.59 Å². The molecule has 0 aliphatic carbocycles. The van der Waals surface area contributed by atoms with Crippen LogP contribution in [0.5, 0.6) is 0 Å². The van der Waals surface area contributed by atoms with E-state index in [4.69, 9.17) is 21.8 Å². The van der Waals surface area contributed by atoms with E-state index in [-0.39, 0.29) is 12.5 Å². The highest BCUT2D eigenvalue weighted by atomic mass is 35.5. The van der Waals surface area contributed by atoms with Gasteiger partial charge in [0.25, 0.3) is 5.91 Å². The van der Waals surface area contributed by atoms with Crippen molar-refractivity contribution in [3.63, 3.8) is 0 Å². The molecule has 0 saturated carbocycles. The standard InChI is InChI=1S/C22H21ClN4O3S/c1-26(2)14-9-7-13(8-10-14)18-11-17(15-5-3-4-6-16(15)23)25-27(18)22-24-21(30)19(31-22)12-20(28)29/h3-10,18-19H,11-12H2,1-2H3,(H,28,29). The van der Waals surface area contributed by atoms with Gasteiger partial charge in [0.2, 0.25) is 0 Å². The molecule has 2 atom stereocenters. The number of nitrogens with zero attached hydrogens (tertiary/aromatic N) is 4. The number of anilines is 1. The van der Waals surface area contributed by atoms with Gasteiger partial charge in [0.15, 0.2) is 5.17 Å². The van der Waals surface area contributed by atoms with Crippen LogP contribution in [0.2, 0.25) is 5.02 Å². The van der Waals surface area contributed by atoms with Gasteiger partial charge in [0.05, 0.1) is 18.2 Å². The number of rotatable bonds is 5. The van der Waals surface area contributed by atoms with E-state index < -0.39 is 17.1 Å². The number of carboxylic acid groups (broad SMARTS) is 1. The molecule has 2 aliphatic rings. The fraction of sp³-hybridized carbons (Fsp3) is 0.273. The minimum atomic E-state index is -1.03. The third kappa shape index (κ3) is 4.45. The smallest absolute Gasteiger partial charge is 0.305 e. The summed E-state index contributed by atoms with van der Waals surface area (Å²) in [4.78, 5) is 29.5. The van der Waals surface area contributed by atoms with E-state index >= 15 is 0 Å². The van der Waals surface area contributed by atoms with Crippen LogP contribution < -0.4 is 4.90 Å². The van der Waals surface area contributed by atoms with Crippen molar-refractivity contribution < 1.29 is 14.7 Å². The molecule has 31 heavy (non-hydrogen) atoms. The first-order chi connectivity index (χ1) is 14.8. The Morgan fingerprint density at radius 1 is 1.23 bits per heavy atom. The van der Waals surface area contributed by atoms with Gasteiger partial charge in [-0.05, 0) is 23.8 Å². The van der Waals surface area contributed by atoms with Gasteiger partial charge in [-0.15, -0.1) is 0 Å². The number of aliphatic carboxylic acids is 1. The monoisotopic (exact) mass is 456 g/mol. The highest BCUT2D eigenvalue weighted by molar-refractivity contribution is 8.15. The molecule has 160 valence electrons. The van der Waals surface area contributed by atoms with E-state index in [0.29, 0.717) is 16.6 Å². The van der Waals surface area contributed by atoms with Crippen molar-refractivity contribution in [2.45, 2.75) is 24.1 Å². The summed E-state index contributed by atoms with van der Waals surface area (Å²) in [6.07, 6.45) is 0.316. The predicted molar refractivity (Wildman–Crippen MR) is 124 cm³/mol. The first-order valence-corrected chi connectivity index (χ1v) is 11.0. The van der Waals surface area contributed by atoms with Crippen molar-refractivity contribution in [3.8, 4) is 0 Å². The van der Waals surface area contributed by atoms with E-state index in [1.807, 2.05) is 67.5 Å². The Morgan fingerprint density at radius 3 is 2.58 bits per heavy atom. The van der Waals surface area contributed by atoms with Crippen LogP contribution in [0.25, 0.3) is 0 Å². The number of halogens is 1. The van der Waals surface area contributed by atoms with Crippen LogP contribution in [0.1, 0.15) is 30.0 Å². The van der Waals surface area contributed by atoms with Gasteiger partial charge in [-0.25, -0.2) is 5.01 Å². The highest BCUT2D eigenvalue weighted by Gasteiger charge is 2.39. The second-order valence-electron chi connectivity index (χ2n) is 7.51. The number of carbonyl (C=O) groups excluding carboxylic acids is 1. The number of amidine groups is 1. The molecule has 0 spiro atoms. The van der Waals surface area contributed by atoms with E-state index in [1.54, 1.807) is 5.01 Å². The molecular weight excluding hydrogens is 436 g/mol. The number of carbonyl (C=O) groups is 2. The first-order valence-electron chi connectivity index (χ1n) is 9.73. The lowest BCUT2D eigenvalue weighted by Crippen LogP contribution is -2.24. The van der Waals surface area contributed by atoms with Crippen molar-refractivity contribution in [2.24, 2.45) is 10.1 Å². The summed E-state index contributed by atoms with van der Waals surface area (Å²) in [5.41, 5.74) is 3.72. The third-order valence-corrected chi connectivity index (χ3v) is 6.65. The maximum absolute atomic E-state index is 12.3. The minimum Gasteiger partial charge on any atom is -0.481 e. The highest BCUT2D eigenvalue weighted by Crippen LogP contribution is 2.39. The lowest BCUT2D eigenvalue weighted by molar-refractivity contribution is -0.138. The Labute approximate surface area is 189 Å². The van der Waals surface area contributed by atoms with Crippen molar-refractivity contribution in [1.29, 1.82) is 0 Å². The fourth-order valence-electron chi connectivity index (χ4n) is 3.56. The number of hydrogen-bond acceptors (Lipinski definition) is 6. The van der Waals surface area contributed by atoms with Crippen molar-refractivity contribution in [3.05, 3.63) is 64.7 Å². The van der Waals surface area contributed by atoms with Gasteiger partial charge in [-0.2, -0.15) is 10.1 Å². The molecule has 2 unspecified atom stereocenters. The van der Waals surface area contributed by atoms with Crippen LogP contribution in [-0.4, -0.2) is 52.2 Å². The van der Waals surface area contributed by atoms with Gasteiger partial charge < -0.3 is 10.0 Å². The molecule has 2 aromatic carbocycles. The Bertz CT molecular complexity index is 1080. The van der Waals surface area contributed by atoms with Crippen molar-refractivity contribution in [1.82, 2.24) is 5.01 Å². The molecule has 7 nitrogen and oxygen atoms in total. The molecule has 0 radical (unpaired) electrons. The molecule has 2 aliphatic heterocycles. The number of amides is 1. The molecule has 0 fully saturated rings. The molecular formula is C22H21ClN4O3S. The molecule has 0 bridgehead atoms. The summed E-state index contributed by atoms with van der Waals surface area (Å²) < 4.78 is 0. The van der Waals surface area contributed by atoms with Gasteiger partial charge in [-0.1, -0.05) is 53.7 Å². The largest absolute Gasteiger partial charge is 0.481 e. The lowest BCUT2D eigenvalue weighted by atomic mass is 9.98. The average molecular weight is 457 g/mol. The van der Waals surface area contributed by atoms with Crippen molar-refractivity contribution >= 4 is 51.8 Å². The normalized spacial score (nSPS) is 20.6. The van der Waals surface area contributed by atoms with Gasteiger partial charge in [0, 0.05) is 36.8 Å². The van der Waals surface area contributed by atoms with E-state index in [0.717, 1.165) is 34.3 Å². The number of aliphatic imine (C=N–C) groups is 1. The summed E-state index contributed by atoms with van der Waals surface area (Å²) in [6, 6.07) is 15.5. The number of benzene rings is 2. The topological polar surface area (TPSA) is 85.6 Å². The molecule has 1 N–H and O–H groups in total. The van der Waals surface area contributed by atoms with Crippen LogP contribution in [0.4, 0.5) is 5.69 Å². The molecule has 2 aromatic rings. The van der Waals surface area contributed by atoms with Crippen LogP contribution in [0, 0.1) is 0 Å². The second-order valence-corrected chi connectivity index (χ2v) is 9.09. The number of thioether (sulfide) groups is 1. The summed E-state index contributed by atoms with van der Waals surface area (Å²) in [6.45, 7) is 0. The SMILES string of the molecule is CN(C)c1ccc(C2CC(c3ccccc3Cl)=NN2C2=NC(=O)C(CC(=O)O)S2)cc1. The molecule has 1 amide bonds. The third-order valence-electron chi connectivity index (χ3n) is 5.17. The maximum Gasteiger partial charge on any atom is 0.305 e. The minimum absolute atomic E-state index is 0.176. The Balaban J connectivity index is 1.68. The van der Waals surface area contributed by atoms with Crippen LogP contribution in [0.15, 0.2) is 58.6 Å². The Kier molecular flexibility index (Phi) is 6.02.